The number of sulfonamides is 1. The zero-order valence-corrected chi connectivity index (χ0v) is 15.6. The number of carboxylic acids is 1. The SMILES string of the molecule is O=C(O)c1ccc(S(=O)(=O)Nc2cc(F)c(Cl)cc2N2CCOCC2)cc1. The van der Waals surface area contributed by atoms with E-state index in [4.69, 9.17) is 21.4 Å². The zero-order chi connectivity index (χ0) is 19.6. The fourth-order valence-corrected chi connectivity index (χ4v) is 3.89. The van der Waals surface area contributed by atoms with Crippen LogP contribution in [0.5, 0.6) is 0 Å². The van der Waals surface area contributed by atoms with E-state index < -0.39 is 21.8 Å². The molecule has 10 heteroatoms. The number of nitrogens with zero attached hydrogens (tertiary/aromatic N) is 1. The Balaban J connectivity index is 1.95. The Morgan fingerprint density at radius 1 is 1.19 bits per heavy atom. The molecule has 1 saturated heterocycles. The van der Waals surface area contributed by atoms with Crippen LogP contribution in [-0.2, 0) is 14.8 Å². The van der Waals surface area contributed by atoms with Gasteiger partial charge in [-0.15, -0.1) is 0 Å². The molecule has 0 saturated carbocycles. The van der Waals surface area contributed by atoms with Crippen LogP contribution in [0.15, 0.2) is 41.3 Å². The van der Waals surface area contributed by atoms with Crippen LogP contribution < -0.4 is 9.62 Å². The van der Waals surface area contributed by atoms with Gasteiger partial charge in [-0.1, -0.05) is 11.6 Å². The van der Waals surface area contributed by atoms with E-state index in [2.05, 4.69) is 4.72 Å². The molecule has 2 N–H and O–H groups in total. The van der Waals surface area contributed by atoms with Gasteiger partial charge in [-0.25, -0.2) is 17.6 Å². The van der Waals surface area contributed by atoms with E-state index in [9.17, 15) is 17.6 Å². The van der Waals surface area contributed by atoms with Crippen LogP contribution in [0.2, 0.25) is 5.02 Å². The van der Waals surface area contributed by atoms with Crippen molar-refractivity contribution in [1.29, 1.82) is 0 Å². The highest BCUT2D eigenvalue weighted by molar-refractivity contribution is 7.92. The fourth-order valence-electron chi connectivity index (χ4n) is 2.66. The molecule has 0 aromatic heterocycles. The second kappa shape index (κ2) is 7.71. The van der Waals surface area contributed by atoms with Crippen LogP contribution in [0.25, 0.3) is 0 Å². The monoisotopic (exact) mass is 414 g/mol. The van der Waals surface area contributed by atoms with Gasteiger partial charge in [0.25, 0.3) is 10.0 Å². The largest absolute Gasteiger partial charge is 0.478 e. The maximum Gasteiger partial charge on any atom is 0.335 e. The van der Waals surface area contributed by atoms with Gasteiger partial charge in [-0.3, -0.25) is 4.72 Å². The van der Waals surface area contributed by atoms with Gasteiger partial charge < -0.3 is 14.7 Å². The lowest BCUT2D eigenvalue weighted by atomic mass is 10.2. The summed E-state index contributed by atoms with van der Waals surface area (Å²) in [5.74, 6) is -1.92. The van der Waals surface area contributed by atoms with Crippen molar-refractivity contribution in [3.8, 4) is 0 Å². The normalized spacial score (nSPS) is 14.8. The predicted octanol–water partition coefficient (Wildman–Crippen LogP) is 2.81. The van der Waals surface area contributed by atoms with E-state index in [1.54, 1.807) is 0 Å². The van der Waals surface area contributed by atoms with Gasteiger partial charge in [0.2, 0.25) is 0 Å². The molecule has 0 spiro atoms. The van der Waals surface area contributed by atoms with Gasteiger partial charge in [-0.2, -0.15) is 0 Å². The van der Waals surface area contributed by atoms with Crippen molar-refractivity contribution >= 4 is 39.0 Å². The molecular weight excluding hydrogens is 399 g/mol. The lowest BCUT2D eigenvalue weighted by molar-refractivity contribution is 0.0696. The summed E-state index contributed by atoms with van der Waals surface area (Å²) in [7, 11) is -4.06. The van der Waals surface area contributed by atoms with Crippen molar-refractivity contribution in [2.75, 3.05) is 35.9 Å². The molecule has 1 fully saturated rings. The highest BCUT2D eigenvalue weighted by atomic mass is 35.5. The van der Waals surface area contributed by atoms with Gasteiger partial charge in [0.05, 0.1) is 40.1 Å². The van der Waals surface area contributed by atoms with E-state index in [0.717, 1.165) is 6.07 Å². The molecule has 3 rings (SSSR count). The van der Waals surface area contributed by atoms with Gasteiger partial charge in [-0.05, 0) is 30.3 Å². The molecule has 1 aliphatic rings. The molecule has 0 radical (unpaired) electrons. The van der Waals surface area contributed by atoms with Crippen LogP contribution in [0.3, 0.4) is 0 Å². The van der Waals surface area contributed by atoms with Crippen molar-refractivity contribution in [2.45, 2.75) is 4.90 Å². The first-order valence-electron chi connectivity index (χ1n) is 7.96. The summed E-state index contributed by atoms with van der Waals surface area (Å²) in [6.45, 7) is 1.92. The summed E-state index contributed by atoms with van der Waals surface area (Å²) in [6.07, 6.45) is 0. The highest BCUT2D eigenvalue weighted by Gasteiger charge is 2.22. The van der Waals surface area contributed by atoms with Crippen LogP contribution in [-0.4, -0.2) is 45.8 Å². The van der Waals surface area contributed by atoms with Gasteiger partial charge in [0.1, 0.15) is 5.82 Å². The topological polar surface area (TPSA) is 95.9 Å². The Bertz CT molecular complexity index is 960. The number of benzene rings is 2. The lowest BCUT2D eigenvalue weighted by Crippen LogP contribution is -2.36. The minimum atomic E-state index is -4.06. The minimum Gasteiger partial charge on any atom is -0.478 e. The molecule has 144 valence electrons. The molecular formula is C17H16ClFN2O5S. The first-order valence-corrected chi connectivity index (χ1v) is 9.82. The molecule has 1 heterocycles. The van der Waals surface area contributed by atoms with Crippen molar-refractivity contribution in [3.63, 3.8) is 0 Å². The van der Waals surface area contributed by atoms with E-state index in [1.807, 2.05) is 4.90 Å². The van der Waals surface area contributed by atoms with Gasteiger partial charge in [0.15, 0.2) is 0 Å². The molecule has 2 aromatic carbocycles. The fraction of sp³-hybridized carbons (Fsp3) is 0.235. The number of hydrogen-bond donors (Lipinski definition) is 2. The molecule has 0 bridgehead atoms. The van der Waals surface area contributed by atoms with E-state index in [-0.39, 0.29) is 21.2 Å². The molecule has 2 aromatic rings. The number of nitrogens with one attached hydrogen (secondary N) is 1. The summed E-state index contributed by atoms with van der Waals surface area (Å²) in [6, 6.07) is 7.10. The zero-order valence-electron chi connectivity index (χ0n) is 14.0. The second-order valence-corrected chi connectivity index (χ2v) is 7.91. The highest BCUT2D eigenvalue weighted by Crippen LogP contribution is 2.33. The average Bonchev–Trinajstić information content (AvgIpc) is 2.65. The third kappa shape index (κ3) is 4.32. The first-order chi connectivity index (χ1) is 12.8. The standard InChI is InChI=1S/C17H16ClFN2O5S/c18-13-9-16(21-5-7-26-8-6-21)15(10-14(13)19)20-27(24,25)12-3-1-11(2-4-12)17(22)23/h1-4,9-10,20H,5-8H2,(H,22,23). The Hall–Kier alpha value is -2.36. The molecule has 0 unspecified atom stereocenters. The number of halogens is 2. The van der Waals surface area contributed by atoms with Crippen LogP contribution in [0.4, 0.5) is 15.8 Å². The Morgan fingerprint density at radius 3 is 2.41 bits per heavy atom. The third-order valence-electron chi connectivity index (χ3n) is 4.05. The van der Waals surface area contributed by atoms with Crippen LogP contribution >= 0.6 is 11.6 Å². The number of aromatic carboxylic acids is 1. The van der Waals surface area contributed by atoms with Crippen molar-refractivity contribution < 1.29 is 27.4 Å². The summed E-state index contributed by atoms with van der Waals surface area (Å²) < 4.78 is 46.9. The molecule has 0 aliphatic carbocycles. The molecule has 1 aliphatic heterocycles. The van der Waals surface area contributed by atoms with E-state index in [0.29, 0.717) is 32.0 Å². The van der Waals surface area contributed by atoms with Gasteiger partial charge in [0, 0.05) is 19.2 Å². The Labute approximate surface area is 160 Å². The molecule has 7 nitrogen and oxygen atoms in total. The number of carbonyl (C=O) groups is 1. The van der Waals surface area contributed by atoms with E-state index in [1.165, 1.54) is 30.3 Å². The van der Waals surface area contributed by atoms with Crippen LogP contribution in [0, 0.1) is 5.82 Å². The quantitative estimate of drug-likeness (QED) is 0.781. The number of anilines is 2. The van der Waals surface area contributed by atoms with Crippen molar-refractivity contribution in [2.24, 2.45) is 0 Å². The summed E-state index contributed by atoms with van der Waals surface area (Å²) in [5.41, 5.74) is 0.442. The summed E-state index contributed by atoms with van der Waals surface area (Å²) in [4.78, 5) is 12.6. The number of carboxylic acid groups (broad SMARTS) is 1. The molecule has 0 atom stereocenters. The van der Waals surface area contributed by atoms with Crippen molar-refractivity contribution in [3.05, 3.63) is 52.8 Å². The average molecular weight is 415 g/mol. The van der Waals surface area contributed by atoms with Gasteiger partial charge >= 0.3 is 5.97 Å². The summed E-state index contributed by atoms with van der Waals surface area (Å²) >= 11 is 5.87. The molecule has 0 amide bonds. The second-order valence-electron chi connectivity index (χ2n) is 5.82. The number of hydrogen-bond acceptors (Lipinski definition) is 5. The van der Waals surface area contributed by atoms with Crippen LogP contribution in [0.1, 0.15) is 10.4 Å². The third-order valence-corrected chi connectivity index (χ3v) is 5.72. The number of ether oxygens (including phenoxy) is 1. The minimum absolute atomic E-state index is 0.0412. The number of rotatable bonds is 5. The summed E-state index contributed by atoms with van der Waals surface area (Å²) in [5, 5.41) is 8.80. The smallest absolute Gasteiger partial charge is 0.335 e. The van der Waals surface area contributed by atoms with Crippen molar-refractivity contribution in [1.82, 2.24) is 0 Å². The Kier molecular flexibility index (Phi) is 5.54. The predicted molar refractivity (Wildman–Crippen MR) is 98.7 cm³/mol. The Morgan fingerprint density at radius 2 is 1.81 bits per heavy atom. The number of morpholine rings is 1. The lowest BCUT2D eigenvalue weighted by Gasteiger charge is -2.30. The molecule has 27 heavy (non-hydrogen) atoms. The maximum absolute atomic E-state index is 14.0. The first kappa shape index (κ1) is 19.4. The maximum atomic E-state index is 14.0. The van der Waals surface area contributed by atoms with E-state index >= 15 is 0 Å².